The number of hydrogen-bond acceptors (Lipinski definition) is 3. The topological polar surface area (TPSA) is 51.2 Å². The normalized spacial score (nSPS) is 12.7. The smallest absolute Gasteiger partial charge is 0.126 e. The second-order valence-corrected chi connectivity index (χ2v) is 3.96. The molecule has 2 aromatic rings. The minimum atomic E-state index is -0.633. The maximum absolute atomic E-state index is 13.2. The molecular formula is C13H14F2N2O. The van der Waals surface area contributed by atoms with Crippen molar-refractivity contribution in [1.82, 2.24) is 5.43 Å². The molecule has 96 valence electrons. The number of halogens is 2. The van der Waals surface area contributed by atoms with Crippen LogP contribution in [0.15, 0.2) is 34.9 Å². The summed E-state index contributed by atoms with van der Waals surface area (Å²) in [6, 6.07) is 4.57. The van der Waals surface area contributed by atoms with Crippen molar-refractivity contribution in [1.29, 1.82) is 0 Å². The molecule has 0 bridgehead atoms. The van der Waals surface area contributed by atoms with E-state index in [0.717, 1.165) is 17.4 Å². The first-order valence-corrected chi connectivity index (χ1v) is 5.64. The van der Waals surface area contributed by atoms with Gasteiger partial charge in [0.05, 0.1) is 12.3 Å². The van der Waals surface area contributed by atoms with Gasteiger partial charge in [-0.05, 0) is 23.8 Å². The monoisotopic (exact) mass is 252 g/mol. The van der Waals surface area contributed by atoms with E-state index in [2.05, 4.69) is 5.43 Å². The Kier molecular flexibility index (Phi) is 3.74. The molecule has 1 aromatic carbocycles. The van der Waals surface area contributed by atoms with Crippen LogP contribution < -0.4 is 11.3 Å². The highest BCUT2D eigenvalue weighted by molar-refractivity contribution is 5.33. The van der Waals surface area contributed by atoms with Crippen LogP contribution >= 0.6 is 0 Å². The molecule has 1 heterocycles. The van der Waals surface area contributed by atoms with Crippen LogP contribution in [-0.2, 0) is 6.42 Å². The lowest BCUT2D eigenvalue weighted by molar-refractivity contribution is 0.500. The molecule has 18 heavy (non-hydrogen) atoms. The number of furan rings is 1. The lowest BCUT2D eigenvalue weighted by atomic mass is 9.98. The van der Waals surface area contributed by atoms with Gasteiger partial charge in [0.15, 0.2) is 0 Å². The Balaban J connectivity index is 2.45. The molecule has 1 unspecified atom stereocenters. The van der Waals surface area contributed by atoms with E-state index < -0.39 is 17.7 Å². The van der Waals surface area contributed by atoms with Crippen LogP contribution in [0.5, 0.6) is 0 Å². The lowest BCUT2D eigenvalue weighted by Crippen LogP contribution is -2.29. The number of hydrogen-bond donors (Lipinski definition) is 2. The molecular weight excluding hydrogens is 238 g/mol. The van der Waals surface area contributed by atoms with Crippen molar-refractivity contribution in [3.63, 3.8) is 0 Å². The van der Waals surface area contributed by atoms with E-state index in [0.29, 0.717) is 12.0 Å². The average molecular weight is 252 g/mol. The fraction of sp³-hybridized carbons (Fsp3) is 0.231. The Morgan fingerprint density at radius 2 is 1.94 bits per heavy atom. The van der Waals surface area contributed by atoms with Crippen molar-refractivity contribution in [2.75, 3.05) is 0 Å². The van der Waals surface area contributed by atoms with Crippen molar-refractivity contribution in [2.24, 2.45) is 5.84 Å². The predicted octanol–water partition coefficient (Wildman–Crippen LogP) is 2.67. The predicted molar refractivity (Wildman–Crippen MR) is 63.6 cm³/mol. The molecule has 0 saturated carbocycles. The van der Waals surface area contributed by atoms with Crippen molar-refractivity contribution < 1.29 is 13.2 Å². The zero-order chi connectivity index (χ0) is 13.1. The maximum Gasteiger partial charge on any atom is 0.126 e. The number of nitrogens with two attached hydrogens (primary N) is 1. The van der Waals surface area contributed by atoms with Crippen LogP contribution in [0, 0.1) is 11.6 Å². The van der Waals surface area contributed by atoms with Crippen molar-refractivity contribution in [3.05, 3.63) is 59.1 Å². The Morgan fingerprint density at radius 3 is 2.50 bits per heavy atom. The minimum absolute atomic E-state index is 0.422. The number of aryl methyl sites for hydroxylation is 1. The van der Waals surface area contributed by atoms with Crippen LogP contribution in [0.1, 0.15) is 29.9 Å². The second-order valence-electron chi connectivity index (χ2n) is 3.96. The van der Waals surface area contributed by atoms with Gasteiger partial charge < -0.3 is 4.42 Å². The first-order chi connectivity index (χ1) is 8.65. The summed E-state index contributed by atoms with van der Waals surface area (Å²) in [4.78, 5) is 0. The molecule has 0 fully saturated rings. The fourth-order valence-electron chi connectivity index (χ4n) is 2.00. The number of nitrogens with one attached hydrogen (secondary N) is 1. The van der Waals surface area contributed by atoms with Gasteiger partial charge in [-0.2, -0.15) is 0 Å². The third-order valence-corrected chi connectivity index (χ3v) is 2.80. The van der Waals surface area contributed by atoms with E-state index in [1.165, 1.54) is 18.4 Å². The molecule has 0 amide bonds. The first-order valence-electron chi connectivity index (χ1n) is 5.64. The van der Waals surface area contributed by atoms with E-state index in [1.54, 1.807) is 6.07 Å². The standard InChI is InChI=1S/C13H14F2N2O/c1-2-12-11(3-4-18-12)13(17-16)8-5-9(14)7-10(15)6-8/h3-7,13,17H,2,16H2,1H3. The summed E-state index contributed by atoms with van der Waals surface area (Å²) in [6.07, 6.45) is 2.21. The third-order valence-electron chi connectivity index (χ3n) is 2.80. The summed E-state index contributed by atoms with van der Waals surface area (Å²) in [7, 11) is 0. The third kappa shape index (κ3) is 2.42. The zero-order valence-corrected chi connectivity index (χ0v) is 9.91. The van der Waals surface area contributed by atoms with Gasteiger partial charge in [0.25, 0.3) is 0 Å². The van der Waals surface area contributed by atoms with E-state index >= 15 is 0 Å². The van der Waals surface area contributed by atoms with Crippen LogP contribution in [0.2, 0.25) is 0 Å². The molecule has 0 radical (unpaired) electrons. The van der Waals surface area contributed by atoms with Crippen LogP contribution in [0.25, 0.3) is 0 Å². The summed E-state index contributed by atoms with van der Waals surface area (Å²) in [5.41, 5.74) is 3.76. The quantitative estimate of drug-likeness (QED) is 0.649. The Morgan fingerprint density at radius 1 is 1.28 bits per heavy atom. The summed E-state index contributed by atoms with van der Waals surface area (Å²) >= 11 is 0. The molecule has 0 spiro atoms. The number of benzene rings is 1. The number of hydrazine groups is 1. The fourth-order valence-corrected chi connectivity index (χ4v) is 2.00. The Bertz CT molecular complexity index is 519. The molecule has 2 rings (SSSR count). The van der Waals surface area contributed by atoms with Crippen LogP contribution in [0.3, 0.4) is 0 Å². The first kappa shape index (κ1) is 12.7. The van der Waals surface area contributed by atoms with E-state index in [4.69, 9.17) is 10.3 Å². The molecule has 1 atom stereocenters. The molecule has 3 N–H and O–H groups in total. The summed E-state index contributed by atoms with van der Waals surface area (Å²) in [5, 5.41) is 0. The molecule has 0 saturated heterocycles. The highest BCUT2D eigenvalue weighted by Gasteiger charge is 2.19. The van der Waals surface area contributed by atoms with Gasteiger partial charge in [-0.3, -0.25) is 5.84 Å². The van der Waals surface area contributed by atoms with Gasteiger partial charge >= 0.3 is 0 Å². The van der Waals surface area contributed by atoms with Gasteiger partial charge in [0, 0.05) is 18.1 Å². The number of rotatable bonds is 4. The SMILES string of the molecule is CCc1occc1C(NN)c1cc(F)cc(F)c1. The Hall–Kier alpha value is -1.72. The summed E-state index contributed by atoms with van der Waals surface area (Å²) < 4.78 is 31.7. The van der Waals surface area contributed by atoms with Gasteiger partial charge in [0.1, 0.15) is 17.4 Å². The van der Waals surface area contributed by atoms with Crippen molar-refractivity contribution in [3.8, 4) is 0 Å². The minimum Gasteiger partial charge on any atom is -0.469 e. The van der Waals surface area contributed by atoms with E-state index in [1.807, 2.05) is 6.92 Å². The molecule has 3 nitrogen and oxygen atoms in total. The molecule has 0 aliphatic rings. The maximum atomic E-state index is 13.2. The summed E-state index contributed by atoms with van der Waals surface area (Å²) in [6.45, 7) is 1.93. The highest BCUT2D eigenvalue weighted by atomic mass is 19.1. The molecule has 5 heteroatoms. The molecule has 0 aliphatic carbocycles. The Labute approximate surface area is 104 Å². The summed E-state index contributed by atoms with van der Waals surface area (Å²) in [5.74, 6) is 4.96. The molecule has 1 aromatic heterocycles. The van der Waals surface area contributed by atoms with Crippen molar-refractivity contribution >= 4 is 0 Å². The van der Waals surface area contributed by atoms with Gasteiger partial charge in [-0.15, -0.1) is 0 Å². The van der Waals surface area contributed by atoms with Crippen LogP contribution in [0.4, 0.5) is 8.78 Å². The van der Waals surface area contributed by atoms with Gasteiger partial charge in [-0.1, -0.05) is 6.92 Å². The molecule has 0 aliphatic heterocycles. The highest BCUT2D eigenvalue weighted by Crippen LogP contribution is 2.26. The van der Waals surface area contributed by atoms with Crippen LogP contribution in [-0.4, -0.2) is 0 Å². The van der Waals surface area contributed by atoms with E-state index in [-0.39, 0.29) is 0 Å². The van der Waals surface area contributed by atoms with Gasteiger partial charge in [0.2, 0.25) is 0 Å². The lowest BCUT2D eigenvalue weighted by Gasteiger charge is -2.16. The zero-order valence-electron chi connectivity index (χ0n) is 9.91. The largest absolute Gasteiger partial charge is 0.469 e. The van der Waals surface area contributed by atoms with E-state index in [9.17, 15) is 8.78 Å². The van der Waals surface area contributed by atoms with Crippen molar-refractivity contribution in [2.45, 2.75) is 19.4 Å². The average Bonchev–Trinajstić information content (AvgIpc) is 2.77. The van der Waals surface area contributed by atoms with Gasteiger partial charge in [-0.25, -0.2) is 14.2 Å². The second kappa shape index (κ2) is 5.29.